The van der Waals surface area contributed by atoms with Crippen LogP contribution in [0, 0.1) is 0 Å². The van der Waals surface area contributed by atoms with Crippen LogP contribution in [0.5, 0.6) is 5.75 Å². The number of aryl methyl sites for hydroxylation is 1. The fourth-order valence-electron chi connectivity index (χ4n) is 5.58. The number of nitrogens with zero attached hydrogens (tertiary/aromatic N) is 2. The average Bonchev–Trinajstić information content (AvgIpc) is 3.64. The number of nitrogens with one attached hydrogen (secondary N) is 3. The van der Waals surface area contributed by atoms with Gasteiger partial charge in [0.15, 0.2) is 5.75 Å². The lowest BCUT2D eigenvalue weighted by molar-refractivity contribution is -0.114. The minimum atomic E-state index is -3.86. The van der Waals surface area contributed by atoms with Crippen molar-refractivity contribution in [3.05, 3.63) is 117 Å². The summed E-state index contributed by atoms with van der Waals surface area (Å²) in [5.41, 5.74) is 5.38. The first-order valence-corrected chi connectivity index (χ1v) is 16.2. The highest BCUT2D eigenvalue weighted by Gasteiger charge is 2.31. The number of aromatic nitrogens is 3. The Labute approximate surface area is 257 Å². The van der Waals surface area contributed by atoms with Crippen molar-refractivity contribution in [3.8, 4) is 5.75 Å². The van der Waals surface area contributed by atoms with Gasteiger partial charge in [0.1, 0.15) is 10.3 Å². The quantitative estimate of drug-likeness (QED) is 0.180. The summed E-state index contributed by atoms with van der Waals surface area (Å²) < 4.78 is 30.5. The smallest absolute Gasteiger partial charge is 0.259 e. The summed E-state index contributed by atoms with van der Waals surface area (Å²) in [6.45, 7) is 1.45. The monoisotopic (exact) mass is 627 g/mol. The van der Waals surface area contributed by atoms with Crippen LogP contribution in [0.25, 0.3) is 21.3 Å². The molecule has 10 nitrogen and oxygen atoms in total. The predicted molar refractivity (Wildman–Crippen MR) is 172 cm³/mol. The van der Waals surface area contributed by atoms with E-state index in [1.165, 1.54) is 47.1 Å². The number of carbonyl (C=O) groups is 1. The van der Waals surface area contributed by atoms with E-state index in [1.54, 1.807) is 12.6 Å². The summed E-state index contributed by atoms with van der Waals surface area (Å²) in [6.07, 6.45) is 0.298. The molecule has 3 heterocycles. The van der Waals surface area contributed by atoms with Crippen LogP contribution < -0.4 is 15.6 Å². The van der Waals surface area contributed by atoms with Crippen LogP contribution in [0.15, 0.2) is 94.1 Å². The van der Waals surface area contributed by atoms with Crippen LogP contribution in [0.4, 0.5) is 5.69 Å². The van der Waals surface area contributed by atoms with Gasteiger partial charge in [-0.1, -0.05) is 48.5 Å². The van der Waals surface area contributed by atoms with E-state index >= 15 is 0 Å². The molecule has 0 aliphatic carbocycles. The van der Waals surface area contributed by atoms with Gasteiger partial charge in [-0.05, 0) is 47.9 Å². The molecule has 0 spiro atoms. The number of aromatic amines is 1. The van der Waals surface area contributed by atoms with E-state index < -0.39 is 15.9 Å². The molecule has 44 heavy (non-hydrogen) atoms. The number of carbonyl (C=O) groups excluding carboxylic acids is 1. The van der Waals surface area contributed by atoms with Crippen molar-refractivity contribution in [2.45, 2.75) is 24.2 Å². The number of fused-ring (bicyclic) bond motifs is 2. The fraction of sp³-hybridized carbons (Fsp3) is 0.156. The number of hydrogen-bond donors (Lipinski definition) is 4. The van der Waals surface area contributed by atoms with Gasteiger partial charge in [-0.15, -0.1) is 11.3 Å². The van der Waals surface area contributed by atoms with Gasteiger partial charge in [0.05, 0.1) is 21.9 Å². The molecular formula is C32H29N5O5S2. The van der Waals surface area contributed by atoms with E-state index in [-0.39, 0.29) is 34.2 Å². The van der Waals surface area contributed by atoms with Gasteiger partial charge in [-0.3, -0.25) is 9.59 Å². The molecule has 3 aromatic heterocycles. The van der Waals surface area contributed by atoms with E-state index in [4.69, 9.17) is 0 Å². The topological polar surface area (TPSA) is 146 Å². The second-order valence-corrected chi connectivity index (χ2v) is 13.0. The Bertz CT molecular complexity index is 2170. The van der Waals surface area contributed by atoms with Crippen LogP contribution in [-0.2, 0) is 28.3 Å². The minimum Gasteiger partial charge on any atom is -0.505 e. The van der Waals surface area contributed by atoms with E-state index in [9.17, 15) is 23.1 Å². The van der Waals surface area contributed by atoms with Crippen LogP contribution in [0.1, 0.15) is 35.2 Å². The van der Waals surface area contributed by atoms with Crippen molar-refractivity contribution in [2.75, 3.05) is 11.9 Å². The summed E-state index contributed by atoms with van der Waals surface area (Å²) in [6, 6.07) is 23.0. The maximum absolute atomic E-state index is 13.9. The van der Waals surface area contributed by atoms with Crippen molar-refractivity contribution >= 4 is 54.2 Å². The molecular weight excluding hydrogens is 599 g/mol. The van der Waals surface area contributed by atoms with Gasteiger partial charge >= 0.3 is 0 Å². The lowest BCUT2D eigenvalue weighted by Gasteiger charge is -2.21. The van der Waals surface area contributed by atoms with Crippen molar-refractivity contribution < 1.29 is 18.3 Å². The lowest BCUT2D eigenvalue weighted by Crippen LogP contribution is -2.27. The van der Waals surface area contributed by atoms with Gasteiger partial charge in [0.2, 0.25) is 15.9 Å². The molecule has 0 bridgehead atoms. The van der Waals surface area contributed by atoms with Crippen molar-refractivity contribution in [3.63, 3.8) is 0 Å². The number of thiazole rings is 1. The first-order valence-electron chi connectivity index (χ1n) is 13.8. The molecule has 0 saturated carbocycles. The zero-order chi connectivity index (χ0) is 31.0. The summed E-state index contributed by atoms with van der Waals surface area (Å²) in [4.78, 5) is 33.6. The van der Waals surface area contributed by atoms with Crippen molar-refractivity contribution in [2.24, 2.45) is 7.05 Å². The lowest BCUT2D eigenvalue weighted by atomic mass is 9.85. The molecule has 224 valence electrons. The molecule has 1 amide bonds. The zero-order valence-electron chi connectivity index (χ0n) is 23.9. The fourth-order valence-corrected chi connectivity index (χ4v) is 7.37. The summed E-state index contributed by atoms with van der Waals surface area (Å²) in [7, 11) is -2.20. The molecule has 6 rings (SSSR count). The first kappa shape index (κ1) is 29.3. The van der Waals surface area contributed by atoms with Crippen LogP contribution in [0.3, 0.4) is 0 Å². The molecule has 12 heteroatoms. The molecule has 1 atom stereocenters. The normalized spacial score (nSPS) is 12.5. The molecule has 6 aromatic rings. The third-order valence-electron chi connectivity index (χ3n) is 7.58. The first-order chi connectivity index (χ1) is 21.2. The van der Waals surface area contributed by atoms with Crippen molar-refractivity contribution in [1.29, 1.82) is 0 Å². The Balaban J connectivity index is 1.42. The van der Waals surface area contributed by atoms with Crippen LogP contribution in [0.2, 0.25) is 0 Å². The molecule has 0 aliphatic heterocycles. The number of hydrogen-bond acceptors (Lipinski definition) is 7. The SMILES string of the molecule is CC(=O)Nc1ccc(S(=O)(=O)NCCc2c(C(c3ccccc3)c3c(O)c4ncsc4n(C)c3=O)[nH]c3ccccc23)cc1. The standard InChI is InChI=1S/C32H29N5O5S2/c1-19(38)35-21-12-14-22(15-13-21)44(41,42)34-17-16-24-23-10-6-7-11-25(23)36-28(24)26(20-8-4-3-5-9-20)27-30(39)29-32(43-18-33-29)37(2)31(27)40/h3-15,18,26,34,36,39H,16-17H2,1-2H3,(H,35,38). The predicted octanol–water partition coefficient (Wildman–Crippen LogP) is 4.84. The summed E-state index contributed by atoms with van der Waals surface area (Å²) >= 11 is 1.28. The number of aromatic hydroxyl groups is 1. The zero-order valence-corrected chi connectivity index (χ0v) is 25.5. The van der Waals surface area contributed by atoms with E-state index in [2.05, 4.69) is 20.0 Å². The van der Waals surface area contributed by atoms with Gasteiger partial charge in [0.25, 0.3) is 5.56 Å². The average molecular weight is 628 g/mol. The van der Waals surface area contributed by atoms with Gasteiger partial charge in [0, 0.05) is 42.8 Å². The second kappa shape index (κ2) is 11.7. The minimum absolute atomic E-state index is 0.0675. The highest BCUT2D eigenvalue weighted by molar-refractivity contribution is 7.89. The number of rotatable bonds is 9. The van der Waals surface area contributed by atoms with Gasteiger partial charge < -0.3 is 20.0 Å². The highest BCUT2D eigenvalue weighted by atomic mass is 32.2. The van der Waals surface area contributed by atoms with E-state index in [0.29, 0.717) is 28.1 Å². The molecule has 4 N–H and O–H groups in total. The number of H-pyrrole nitrogens is 1. The number of amides is 1. The number of benzene rings is 3. The van der Waals surface area contributed by atoms with Crippen LogP contribution in [-0.4, -0.2) is 40.5 Å². The molecule has 0 saturated heterocycles. The highest BCUT2D eigenvalue weighted by Crippen LogP contribution is 2.41. The number of anilines is 1. The molecule has 0 fully saturated rings. The Kier molecular flexibility index (Phi) is 7.80. The third kappa shape index (κ3) is 5.39. The maximum atomic E-state index is 13.9. The van der Waals surface area contributed by atoms with Crippen LogP contribution >= 0.6 is 11.3 Å². The van der Waals surface area contributed by atoms with E-state index in [0.717, 1.165) is 22.0 Å². The van der Waals surface area contributed by atoms with Crippen molar-refractivity contribution in [1.82, 2.24) is 19.3 Å². The largest absolute Gasteiger partial charge is 0.505 e. The summed E-state index contributed by atoms with van der Waals surface area (Å²) in [5.74, 6) is -1.12. The van der Waals surface area contributed by atoms with Gasteiger partial charge in [-0.25, -0.2) is 18.1 Å². The van der Waals surface area contributed by atoms with Gasteiger partial charge in [-0.2, -0.15) is 0 Å². The summed E-state index contributed by atoms with van der Waals surface area (Å²) in [5, 5.41) is 15.0. The molecule has 1 unspecified atom stereocenters. The molecule has 0 aliphatic rings. The Morgan fingerprint density at radius 3 is 2.48 bits per heavy atom. The number of pyridine rings is 1. The Morgan fingerprint density at radius 2 is 1.75 bits per heavy atom. The molecule has 0 radical (unpaired) electrons. The second-order valence-electron chi connectivity index (χ2n) is 10.4. The number of para-hydroxylation sites is 1. The Hall–Kier alpha value is -4.78. The number of sulfonamides is 1. The molecule has 3 aromatic carbocycles. The Morgan fingerprint density at radius 1 is 1.05 bits per heavy atom. The maximum Gasteiger partial charge on any atom is 0.259 e. The third-order valence-corrected chi connectivity index (χ3v) is 9.96. The van der Waals surface area contributed by atoms with E-state index in [1.807, 2.05) is 54.6 Å².